The summed E-state index contributed by atoms with van der Waals surface area (Å²) in [6.07, 6.45) is 2.33. The second-order valence-electron chi connectivity index (χ2n) is 10.3. The zero-order valence-corrected chi connectivity index (χ0v) is 18.2. The summed E-state index contributed by atoms with van der Waals surface area (Å²) in [6.45, 7) is 1.81. The summed E-state index contributed by atoms with van der Waals surface area (Å²) in [6, 6.07) is 5.30. The molecular formula is C24H30F3N3O2. The molecule has 4 bridgehead atoms. The Labute approximate surface area is 186 Å². The van der Waals surface area contributed by atoms with Crippen LogP contribution in [-0.4, -0.2) is 49.4 Å². The number of benzene rings is 1. The third-order valence-corrected chi connectivity index (χ3v) is 8.09. The van der Waals surface area contributed by atoms with Crippen LogP contribution >= 0.6 is 0 Å². The molecule has 174 valence electrons. The van der Waals surface area contributed by atoms with Crippen molar-refractivity contribution in [3.05, 3.63) is 29.8 Å². The topological polar surface area (TPSA) is 52.7 Å². The molecular weight excluding hydrogens is 419 g/mol. The minimum Gasteiger partial charge on any atom is -0.368 e. The highest BCUT2D eigenvalue weighted by Gasteiger charge is 2.54. The molecule has 0 spiro atoms. The first-order valence-corrected chi connectivity index (χ1v) is 11.7. The molecule has 1 N–H and O–H groups in total. The van der Waals surface area contributed by atoms with Gasteiger partial charge in [-0.25, -0.2) is 0 Å². The number of rotatable bonds is 4. The average molecular weight is 450 g/mol. The lowest BCUT2D eigenvalue weighted by molar-refractivity contribution is -0.148. The van der Waals surface area contributed by atoms with E-state index in [2.05, 4.69) is 5.32 Å². The molecule has 5 nitrogen and oxygen atoms in total. The van der Waals surface area contributed by atoms with Gasteiger partial charge >= 0.3 is 6.18 Å². The number of carbonyl (C=O) groups is 2. The van der Waals surface area contributed by atoms with Crippen molar-refractivity contribution in [2.45, 2.75) is 44.7 Å². The van der Waals surface area contributed by atoms with Crippen molar-refractivity contribution in [2.24, 2.45) is 23.2 Å². The van der Waals surface area contributed by atoms with E-state index < -0.39 is 11.7 Å². The summed E-state index contributed by atoms with van der Waals surface area (Å²) >= 11 is 0. The van der Waals surface area contributed by atoms with Crippen LogP contribution in [0.4, 0.5) is 18.9 Å². The Morgan fingerprint density at radius 3 is 2.12 bits per heavy atom. The van der Waals surface area contributed by atoms with Gasteiger partial charge in [0.1, 0.15) is 0 Å². The van der Waals surface area contributed by atoms with Crippen LogP contribution in [0.25, 0.3) is 0 Å². The lowest BCUT2D eigenvalue weighted by atomic mass is 9.49. The monoisotopic (exact) mass is 449 g/mol. The van der Waals surface area contributed by atoms with Crippen molar-refractivity contribution in [1.29, 1.82) is 0 Å². The molecule has 4 aliphatic carbocycles. The van der Waals surface area contributed by atoms with Crippen molar-refractivity contribution < 1.29 is 22.8 Å². The maximum absolute atomic E-state index is 13.1. The first-order valence-electron chi connectivity index (χ1n) is 11.7. The largest absolute Gasteiger partial charge is 0.416 e. The van der Waals surface area contributed by atoms with Gasteiger partial charge in [-0.05, 0) is 74.5 Å². The van der Waals surface area contributed by atoms with Crippen LogP contribution in [0.3, 0.4) is 0 Å². The van der Waals surface area contributed by atoms with Crippen LogP contribution in [0.15, 0.2) is 24.3 Å². The zero-order valence-electron chi connectivity index (χ0n) is 18.2. The predicted molar refractivity (Wildman–Crippen MR) is 114 cm³/mol. The van der Waals surface area contributed by atoms with Gasteiger partial charge in [-0.3, -0.25) is 9.59 Å². The summed E-state index contributed by atoms with van der Waals surface area (Å²) in [5, 5.41) is 2.93. The minimum absolute atomic E-state index is 0.00411. The number of hydrogen-bond acceptors (Lipinski definition) is 3. The summed E-state index contributed by atoms with van der Waals surface area (Å²) < 4.78 is 38.9. The number of carbonyl (C=O) groups excluding carboxylic acids is 2. The van der Waals surface area contributed by atoms with Gasteiger partial charge in [0.25, 0.3) is 0 Å². The van der Waals surface area contributed by atoms with Gasteiger partial charge in [-0.2, -0.15) is 13.2 Å². The lowest BCUT2D eigenvalue weighted by Gasteiger charge is -2.55. The quantitative estimate of drug-likeness (QED) is 0.763. The second kappa shape index (κ2) is 7.96. The Kier molecular flexibility index (Phi) is 5.37. The Balaban J connectivity index is 1.13. The van der Waals surface area contributed by atoms with Crippen molar-refractivity contribution >= 4 is 17.5 Å². The lowest BCUT2D eigenvalue weighted by Crippen LogP contribution is -2.56. The number of amides is 2. The van der Waals surface area contributed by atoms with Gasteiger partial charge in [0.15, 0.2) is 0 Å². The van der Waals surface area contributed by atoms with Crippen molar-refractivity contribution in [1.82, 2.24) is 10.2 Å². The number of hydrogen-bond donors (Lipinski definition) is 1. The molecule has 6 rings (SSSR count). The van der Waals surface area contributed by atoms with Gasteiger partial charge in [0.05, 0.1) is 12.1 Å². The molecule has 8 heteroatoms. The number of piperazine rings is 1. The van der Waals surface area contributed by atoms with E-state index in [0.717, 1.165) is 31.4 Å². The smallest absolute Gasteiger partial charge is 0.368 e. The first kappa shape index (κ1) is 21.6. The molecule has 1 aliphatic heterocycles. The predicted octanol–water partition coefficient (Wildman–Crippen LogP) is 3.69. The molecule has 4 saturated carbocycles. The van der Waals surface area contributed by atoms with Crippen molar-refractivity contribution in [2.75, 3.05) is 37.6 Å². The van der Waals surface area contributed by atoms with E-state index in [-0.39, 0.29) is 23.8 Å². The van der Waals surface area contributed by atoms with E-state index in [1.165, 1.54) is 25.3 Å². The third-order valence-electron chi connectivity index (χ3n) is 8.09. The second-order valence-corrected chi connectivity index (χ2v) is 10.3. The minimum atomic E-state index is -4.37. The highest BCUT2D eigenvalue weighted by molar-refractivity contribution is 5.88. The number of nitrogens with zero attached hydrogens (tertiary/aromatic N) is 2. The van der Waals surface area contributed by atoms with Crippen LogP contribution in [-0.2, 0) is 15.8 Å². The molecule has 2 amide bonds. The SMILES string of the molecule is O=C(CNC(=O)C12CC3CC(CC(C3)C1)C2)N1CCN(c2cccc(C(F)(F)F)c2)CC1. The summed E-state index contributed by atoms with van der Waals surface area (Å²) in [4.78, 5) is 29.3. The Morgan fingerprint density at radius 2 is 1.56 bits per heavy atom. The molecule has 1 aromatic rings. The van der Waals surface area contributed by atoms with E-state index in [1.807, 2.05) is 4.90 Å². The summed E-state index contributed by atoms with van der Waals surface area (Å²) in [5.41, 5.74) is -0.417. The molecule has 0 radical (unpaired) electrons. The van der Waals surface area contributed by atoms with Crippen LogP contribution in [0, 0.1) is 23.2 Å². The standard InChI is InChI=1S/C24H30F3N3O2/c25-24(26,27)19-2-1-3-20(11-19)29-4-6-30(7-5-29)21(31)15-28-22(32)23-12-16-8-17(13-23)10-18(9-16)14-23/h1-3,11,16-18H,4-10,12-15H2,(H,28,32). The van der Waals surface area contributed by atoms with Crippen molar-refractivity contribution in [3.8, 4) is 0 Å². The number of anilines is 1. The number of halogens is 3. The Morgan fingerprint density at radius 1 is 0.969 bits per heavy atom. The summed E-state index contributed by atoms with van der Waals surface area (Å²) in [5.74, 6) is 1.95. The fourth-order valence-corrected chi connectivity index (χ4v) is 6.94. The molecule has 0 atom stereocenters. The fourth-order valence-electron chi connectivity index (χ4n) is 6.94. The molecule has 5 aliphatic rings. The van der Waals surface area contributed by atoms with Crippen LogP contribution < -0.4 is 10.2 Å². The van der Waals surface area contributed by atoms with E-state index in [4.69, 9.17) is 0 Å². The zero-order chi connectivity index (χ0) is 22.5. The van der Waals surface area contributed by atoms with Crippen LogP contribution in [0.5, 0.6) is 0 Å². The molecule has 5 fully saturated rings. The van der Waals surface area contributed by atoms with E-state index >= 15 is 0 Å². The number of nitrogens with one attached hydrogen (secondary N) is 1. The van der Waals surface area contributed by atoms with Gasteiger partial charge < -0.3 is 15.1 Å². The molecule has 1 saturated heterocycles. The van der Waals surface area contributed by atoms with Gasteiger partial charge in [0, 0.05) is 37.3 Å². The highest BCUT2D eigenvalue weighted by atomic mass is 19.4. The van der Waals surface area contributed by atoms with Crippen LogP contribution in [0.1, 0.15) is 44.1 Å². The fraction of sp³-hybridized carbons (Fsp3) is 0.667. The van der Waals surface area contributed by atoms with E-state index in [1.54, 1.807) is 11.0 Å². The normalized spacial score (nSPS) is 31.7. The van der Waals surface area contributed by atoms with E-state index in [9.17, 15) is 22.8 Å². The molecule has 32 heavy (non-hydrogen) atoms. The van der Waals surface area contributed by atoms with Crippen molar-refractivity contribution in [3.63, 3.8) is 0 Å². The first-order chi connectivity index (χ1) is 15.2. The van der Waals surface area contributed by atoms with E-state index in [0.29, 0.717) is 49.6 Å². The highest BCUT2D eigenvalue weighted by Crippen LogP contribution is 2.60. The number of alkyl halides is 3. The maximum Gasteiger partial charge on any atom is 0.416 e. The van der Waals surface area contributed by atoms with Gasteiger partial charge in [-0.15, -0.1) is 0 Å². The average Bonchev–Trinajstić information content (AvgIpc) is 2.76. The van der Waals surface area contributed by atoms with Gasteiger partial charge in [0.2, 0.25) is 11.8 Å². The summed E-state index contributed by atoms with van der Waals surface area (Å²) in [7, 11) is 0. The van der Waals surface area contributed by atoms with Gasteiger partial charge in [-0.1, -0.05) is 6.07 Å². The molecule has 1 aromatic carbocycles. The Hall–Kier alpha value is -2.25. The molecule has 0 unspecified atom stereocenters. The Bertz CT molecular complexity index is 857. The maximum atomic E-state index is 13.1. The van der Waals surface area contributed by atoms with Crippen LogP contribution in [0.2, 0.25) is 0 Å². The molecule has 0 aromatic heterocycles. The molecule has 1 heterocycles. The third kappa shape index (κ3) is 4.08.